The molecule has 6 heteroatoms. The summed E-state index contributed by atoms with van der Waals surface area (Å²) in [6.07, 6.45) is 1.06. The molecule has 0 saturated carbocycles. The van der Waals surface area contributed by atoms with E-state index in [1.54, 1.807) is 27.0 Å². The maximum atomic E-state index is 11.4. The third-order valence-electron chi connectivity index (χ3n) is 1.85. The normalized spacial score (nSPS) is 10.7. The first-order valence-electron chi connectivity index (χ1n) is 5.50. The van der Waals surface area contributed by atoms with Crippen LogP contribution in [0.3, 0.4) is 0 Å². The zero-order valence-electron chi connectivity index (χ0n) is 10.9. The smallest absolute Gasteiger partial charge is 0.426 e. The molecular weight excluding hydrogens is 250 g/mol. The Morgan fingerprint density at radius 1 is 1.33 bits per heavy atom. The largest absolute Gasteiger partial charge is 0.443 e. The van der Waals surface area contributed by atoms with Crippen LogP contribution in [0.15, 0.2) is 18.3 Å². The van der Waals surface area contributed by atoms with Crippen molar-refractivity contribution in [2.45, 2.75) is 33.3 Å². The number of amides is 1. The molecule has 0 fully saturated rings. The van der Waals surface area contributed by atoms with E-state index in [4.69, 9.17) is 17.0 Å². The molecule has 0 aliphatic carbocycles. The lowest BCUT2D eigenvalue weighted by Crippen LogP contribution is -2.43. The Kier molecular flexibility index (Phi) is 4.61. The molecule has 0 aliphatic heterocycles. The van der Waals surface area contributed by atoms with Crippen molar-refractivity contribution in [2.75, 3.05) is 0 Å². The predicted molar refractivity (Wildman–Crippen MR) is 73.2 cm³/mol. The van der Waals surface area contributed by atoms with E-state index in [-0.39, 0.29) is 0 Å². The van der Waals surface area contributed by atoms with Crippen LogP contribution in [0.25, 0.3) is 0 Å². The van der Waals surface area contributed by atoms with E-state index in [1.165, 1.54) is 0 Å². The number of nitrogens with one attached hydrogen (secondary N) is 2. The van der Waals surface area contributed by atoms with E-state index in [0.717, 1.165) is 11.3 Å². The molecule has 0 spiro atoms. The second-order valence-corrected chi connectivity index (χ2v) is 5.18. The fourth-order valence-corrected chi connectivity index (χ4v) is 1.26. The second kappa shape index (κ2) is 5.77. The zero-order chi connectivity index (χ0) is 13.8. The number of rotatable bonds is 1. The van der Waals surface area contributed by atoms with Crippen LogP contribution in [0.1, 0.15) is 32.0 Å². The van der Waals surface area contributed by atoms with Gasteiger partial charge in [-0.25, -0.2) is 10.2 Å². The lowest BCUT2D eigenvalue weighted by molar-refractivity contribution is 0.0513. The Labute approximate surface area is 112 Å². The summed E-state index contributed by atoms with van der Waals surface area (Å²) in [6, 6.07) is 3.67. The number of aryl methyl sites for hydroxylation is 1. The number of nitrogens with zero attached hydrogens (tertiary/aromatic N) is 1. The van der Waals surface area contributed by atoms with Crippen molar-refractivity contribution in [3.63, 3.8) is 0 Å². The van der Waals surface area contributed by atoms with Crippen LogP contribution < -0.4 is 10.9 Å². The minimum absolute atomic E-state index is 0.383. The highest BCUT2D eigenvalue weighted by atomic mass is 32.1. The van der Waals surface area contributed by atoms with Crippen molar-refractivity contribution in [3.05, 3.63) is 29.6 Å². The first kappa shape index (κ1) is 14.4. The summed E-state index contributed by atoms with van der Waals surface area (Å²) in [5.41, 5.74) is 6.07. The van der Waals surface area contributed by atoms with Crippen molar-refractivity contribution in [2.24, 2.45) is 0 Å². The lowest BCUT2D eigenvalue weighted by Gasteiger charge is -2.20. The second-order valence-electron chi connectivity index (χ2n) is 4.77. The van der Waals surface area contributed by atoms with E-state index < -0.39 is 11.7 Å². The predicted octanol–water partition coefficient (Wildman–Crippen LogP) is 2.09. The highest BCUT2D eigenvalue weighted by Crippen LogP contribution is 2.06. The Bertz CT molecular complexity index is 438. The van der Waals surface area contributed by atoms with Crippen LogP contribution in [0.4, 0.5) is 4.79 Å². The molecule has 98 valence electrons. The molecule has 1 heterocycles. The molecule has 0 saturated heterocycles. The summed E-state index contributed by atoms with van der Waals surface area (Å²) in [7, 11) is 0. The van der Waals surface area contributed by atoms with Crippen molar-refractivity contribution in [1.29, 1.82) is 0 Å². The van der Waals surface area contributed by atoms with Gasteiger partial charge < -0.3 is 4.74 Å². The van der Waals surface area contributed by atoms with Gasteiger partial charge in [-0.3, -0.25) is 10.4 Å². The van der Waals surface area contributed by atoms with E-state index in [1.807, 2.05) is 19.1 Å². The number of aromatic nitrogens is 1. The maximum absolute atomic E-state index is 11.4. The van der Waals surface area contributed by atoms with Crippen LogP contribution in [0.2, 0.25) is 0 Å². The Morgan fingerprint density at radius 3 is 2.50 bits per heavy atom. The Hall–Kier alpha value is -1.69. The third kappa shape index (κ3) is 5.09. The summed E-state index contributed by atoms with van der Waals surface area (Å²) < 4.78 is 5.06. The van der Waals surface area contributed by atoms with Crippen LogP contribution in [0.5, 0.6) is 0 Å². The Balaban J connectivity index is 2.47. The maximum Gasteiger partial charge on any atom is 0.426 e. The highest BCUT2D eigenvalue weighted by molar-refractivity contribution is 7.80. The zero-order valence-corrected chi connectivity index (χ0v) is 11.7. The minimum Gasteiger partial charge on any atom is -0.443 e. The van der Waals surface area contributed by atoms with Gasteiger partial charge in [-0.15, -0.1) is 0 Å². The van der Waals surface area contributed by atoms with Crippen LogP contribution in [-0.2, 0) is 4.74 Å². The molecule has 0 atom stereocenters. The molecule has 5 nitrogen and oxygen atoms in total. The van der Waals surface area contributed by atoms with Gasteiger partial charge in [0, 0.05) is 17.5 Å². The molecule has 0 radical (unpaired) electrons. The summed E-state index contributed by atoms with van der Waals surface area (Å²) in [4.78, 5) is 15.9. The van der Waals surface area contributed by atoms with Gasteiger partial charge in [0.05, 0.1) is 0 Å². The van der Waals surface area contributed by atoms with E-state index >= 15 is 0 Å². The quantitative estimate of drug-likeness (QED) is 0.602. The SMILES string of the molecule is Cc1ccc(C(=S)NNC(=O)OC(C)(C)C)cn1. The summed E-state index contributed by atoms with van der Waals surface area (Å²) >= 11 is 5.10. The first-order chi connectivity index (χ1) is 8.28. The van der Waals surface area contributed by atoms with Crippen LogP contribution in [0, 0.1) is 6.92 Å². The molecule has 1 amide bonds. The number of carbonyl (C=O) groups excluding carboxylic acids is 1. The number of thiocarbonyl (C=S) groups is 1. The number of ether oxygens (including phenoxy) is 1. The number of hydrazine groups is 1. The molecule has 1 aromatic heterocycles. The fraction of sp³-hybridized carbons (Fsp3) is 0.417. The lowest BCUT2D eigenvalue weighted by atomic mass is 10.2. The van der Waals surface area contributed by atoms with E-state index in [0.29, 0.717) is 4.99 Å². The van der Waals surface area contributed by atoms with Crippen molar-refractivity contribution >= 4 is 23.3 Å². The minimum atomic E-state index is -0.579. The monoisotopic (exact) mass is 267 g/mol. The van der Waals surface area contributed by atoms with Gasteiger partial charge in [0.1, 0.15) is 10.6 Å². The van der Waals surface area contributed by atoms with Gasteiger partial charge in [0.2, 0.25) is 0 Å². The van der Waals surface area contributed by atoms with Crippen molar-refractivity contribution < 1.29 is 9.53 Å². The number of hydrogen-bond acceptors (Lipinski definition) is 4. The molecular formula is C12H17N3O2S. The third-order valence-corrected chi connectivity index (χ3v) is 2.19. The van der Waals surface area contributed by atoms with E-state index in [9.17, 15) is 4.79 Å². The molecule has 0 bridgehead atoms. The first-order valence-corrected chi connectivity index (χ1v) is 5.91. The molecule has 0 unspecified atom stereocenters. The molecule has 1 aromatic rings. The summed E-state index contributed by atoms with van der Waals surface area (Å²) in [5.74, 6) is 0. The summed E-state index contributed by atoms with van der Waals surface area (Å²) in [6.45, 7) is 7.25. The number of pyridine rings is 1. The summed E-state index contributed by atoms with van der Waals surface area (Å²) in [5, 5.41) is 0. The van der Waals surface area contributed by atoms with Gasteiger partial charge in [0.25, 0.3) is 0 Å². The molecule has 0 aliphatic rings. The fourth-order valence-electron chi connectivity index (χ4n) is 1.09. The van der Waals surface area contributed by atoms with Gasteiger partial charge in [-0.2, -0.15) is 0 Å². The van der Waals surface area contributed by atoms with Crippen LogP contribution in [-0.4, -0.2) is 21.7 Å². The van der Waals surface area contributed by atoms with Crippen molar-refractivity contribution in [3.8, 4) is 0 Å². The van der Waals surface area contributed by atoms with Gasteiger partial charge in [-0.05, 0) is 39.8 Å². The average molecular weight is 267 g/mol. The van der Waals surface area contributed by atoms with Gasteiger partial charge >= 0.3 is 6.09 Å². The van der Waals surface area contributed by atoms with Crippen LogP contribution >= 0.6 is 12.2 Å². The molecule has 18 heavy (non-hydrogen) atoms. The van der Waals surface area contributed by atoms with Crippen molar-refractivity contribution in [1.82, 2.24) is 15.8 Å². The average Bonchev–Trinajstić information content (AvgIpc) is 2.24. The van der Waals surface area contributed by atoms with E-state index in [2.05, 4.69) is 15.8 Å². The molecule has 1 rings (SSSR count). The highest BCUT2D eigenvalue weighted by Gasteiger charge is 2.16. The number of carbonyl (C=O) groups is 1. The van der Waals surface area contributed by atoms with Gasteiger partial charge in [0.15, 0.2) is 0 Å². The number of hydrogen-bond donors (Lipinski definition) is 2. The molecule has 0 aromatic carbocycles. The topological polar surface area (TPSA) is 63.2 Å². The molecule has 2 N–H and O–H groups in total. The van der Waals surface area contributed by atoms with Gasteiger partial charge in [-0.1, -0.05) is 12.2 Å². The Morgan fingerprint density at radius 2 is 2.00 bits per heavy atom. The standard InChI is InChI=1S/C12H17N3O2S/c1-8-5-6-9(7-13-8)10(18)14-15-11(16)17-12(2,3)4/h5-7H,1-4H3,(H,14,18)(H,15,16).